The first-order valence-electron chi connectivity index (χ1n) is 13.1. The molecule has 0 bridgehead atoms. The van der Waals surface area contributed by atoms with E-state index < -0.39 is 0 Å². The molecule has 4 aromatic rings. The zero-order valence-electron chi connectivity index (χ0n) is 20.9. The third-order valence-corrected chi connectivity index (χ3v) is 7.31. The van der Waals surface area contributed by atoms with Crippen molar-refractivity contribution in [1.29, 1.82) is 0 Å². The lowest BCUT2D eigenvalue weighted by Crippen LogP contribution is -2.28. The van der Waals surface area contributed by atoms with Crippen LogP contribution in [0.4, 0.5) is 0 Å². The van der Waals surface area contributed by atoms with Crippen LogP contribution in [0.2, 0.25) is 0 Å². The fourth-order valence-corrected chi connectivity index (χ4v) is 5.56. The van der Waals surface area contributed by atoms with Crippen LogP contribution in [0.3, 0.4) is 0 Å². The van der Waals surface area contributed by atoms with E-state index in [1.165, 1.54) is 28.1 Å². The summed E-state index contributed by atoms with van der Waals surface area (Å²) in [6, 6.07) is 28.1. The minimum atomic E-state index is 0.303. The second-order valence-corrected chi connectivity index (χ2v) is 9.77. The Balaban J connectivity index is 1.38. The van der Waals surface area contributed by atoms with Gasteiger partial charge in [-0.15, -0.1) is 0 Å². The summed E-state index contributed by atoms with van der Waals surface area (Å²) in [4.78, 5) is 7.83. The van der Waals surface area contributed by atoms with Crippen LogP contribution in [0.25, 0.3) is 11.4 Å². The number of benzene rings is 3. The molecule has 2 aliphatic rings. The predicted octanol–water partition coefficient (Wildman–Crippen LogP) is 6.77. The maximum absolute atomic E-state index is 5.68. The van der Waals surface area contributed by atoms with Gasteiger partial charge in [-0.3, -0.25) is 4.90 Å². The van der Waals surface area contributed by atoms with Crippen LogP contribution in [0.15, 0.2) is 78.9 Å². The van der Waals surface area contributed by atoms with Crippen LogP contribution in [0, 0.1) is 0 Å². The van der Waals surface area contributed by atoms with E-state index in [2.05, 4.69) is 89.2 Å². The quantitative estimate of drug-likeness (QED) is 0.266. The number of nitrogens with zero attached hydrogens (tertiary/aromatic N) is 3. The highest BCUT2D eigenvalue weighted by Gasteiger charge is 2.34. The number of hydrogen-bond acceptors (Lipinski definition) is 4. The Bertz CT molecular complexity index is 1320. The van der Waals surface area contributed by atoms with Crippen molar-refractivity contribution in [2.75, 3.05) is 6.79 Å². The highest BCUT2D eigenvalue weighted by molar-refractivity contribution is 5.57. The van der Waals surface area contributed by atoms with Gasteiger partial charge in [0.25, 0.3) is 0 Å². The summed E-state index contributed by atoms with van der Waals surface area (Å²) in [5, 5.41) is 0. The van der Waals surface area contributed by atoms with Crippen LogP contribution in [-0.4, -0.2) is 21.2 Å². The van der Waals surface area contributed by atoms with E-state index in [1.807, 2.05) is 6.07 Å². The summed E-state index contributed by atoms with van der Waals surface area (Å²) >= 11 is 0. The predicted molar refractivity (Wildman–Crippen MR) is 142 cm³/mol. The topological polar surface area (TPSA) is 39.5 Å². The van der Waals surface area contributed by atoms with Crippen molar-refractivity contribution in [3.8, 4) is 22.9 Å². The minimum Gasteiger partial charge on any atom is -0.454 e. The lowest BCUT2D eigenvalue weighted by atomic mass is 10.1. The summed E-state index contributed by atoms with van der Waals surface area (Å²) in [5.41, 5.74) is 6.44. The average Bonchev–Trinajstić information content (AvgIpc) is 3.64. The molecule has 0 saturated carbocycles. The molecule has 0 N–H and O–H groups in total. The number of fused-ring (bicyclic) bond motifs is 2. The molecule has 0 radical (unpaired) electrons. The Hall–Kier alpha value is -3.57. The maximum Gasteiger partial charge on any atom is 0.231 e. The highest BCUT2D eigenvalue weighted by Crippen LogP contribution is 2.41. The summed E-state index contributed by atoms with van der Waals surface area (Å²) in [6.45, 7) is 5.30. The second-order valence-electron chi connectivity index (χ2n) is 9.77. The van der Waals surface area contributed by atoms with E-state index in [1.54, 1.807) is 0 Å². The molecule has 0 fully saturated rings. The number of rotatable bonds is 9. The molecule has 1 aliphatic carbocycles. The fourth-order valence-electron chi connectivity index (χ4n) is 5.56. The monoisotopic (exact) mass is 479 g/mol. The first kappa shape index (κ1) is 22.9. The molecule has 1 atom stereocenters. The van der Waals surface area contributed by atoms with Crippen molar-refractivity contribution in [3.05, 3.63) is 101 Å². The molecule has 0 spiro atoms. The van der Waals surface area contributed by atoms with Crippen molar-refractivity contribution in [2.45, 2.75) is 58.3 Å². The molecule has 0 amide bonds. The number of hydrogen-bond donors (Lipinski definition) is 0. The third-order valence-electron chi connectivity index (χ3n) is 7.31. The van der Waals surface area contributed by atoms with Gasteiger partial charge >= 0.3 is 0 Å². The Morgan fingerprint density at radius 2 is 1.64 bits per heavy atom. The number of ether oxygens (including phenoxy) is 2. The first-order valence-corrected chi connectivity index (χ1v) is 13.1. The van der Waals surface area contributed by atoms with Gasteiger partial charge in [0.2, 0.25) is 6.79 Å². The van der Waals surface area contributed by atoms with Gasteiger partial charge in [0.05, 0.1) is 17.4 Å². The Kier molecular flexibility index (Phi) is 6.48. The van der Waals surface area contributed by atoms with Crippen LogP contribution in [0.5, 0.6) is 11.5 Å². The molecule has 1 unspecified atom stereocenters. The second kappa shape index (κ2) is 10.2. The molecular formula is C31H33N3O2. The SMILES string of the molecule is CCCCn1c(-c2ccccc2)nc2c1C(N(Cc1ccccc1)Cc1ccc3c(c1)OCO3)CC2. The van der Waals surface area contributed by atoms with E-state index in [0.29, 0.717) is 12.8 Å². The Labute approximate surface area is 213 Å². The molecule has 5 nitrogen and oxygen atoms in total. The Morgan fingerprint density at radius 3 is 2.44 bits per heavy atom. The zero-order chi connectivity index (χ0) is 24.3. The molecule has 1 aliphatic heterocycles. The highest BCUT2D eigenvalue weighted by atomic mass is 16.7. The van der Waals surface area contributed by atoms with Gasteiger partial charge in [-0.2, -0.15) is 0 Å². The van der Waals surface area contributed by atoms with E-state index in [9.17, 15) is 0 Å². The van der Waals surface area contributed by atoms with Gasteiger partial charge in [-0.25, -0.2) is 4.98 Å². The van der Waals surface area contributed by atoms with Gasteiger partial charge in [-0.1, -0.05) is 80.1 Å². The van der Waals surface area contributed by atoms with Gasteiger partial charge in [-0.05, 0) is 42.5 Å². The van der Waals surface area contributed by atoms with Gasteiger partial charge < -0.3 is 14.0 Å². The molecule has 1 aromatic heterocycles. The molecule has 6 rings (SSSR count). The first-order chi connectivity index (χ1) is 17.8. The Morgan fingerprint density at radius 1 is 0.889 bits per heavy atom. The summed E-state index contributed by atoms with van der Waals surface area (Å²) in [7, 11) is 0. The van der Waals surface area contributed by atoms with Crippen molar-refractivity contribution in [3.63, 3.8) is 0 Å². The summed E-state index contributed by atoms with van der Waals surface area (Å²) in [5.74, 6) is 2.79. The third kappa shape index (κ3) is 4.51. The maximum atomic E-state index is 5.68. The van der Waals surface area contributed by atoms with Crippen LogP contribution >= 0.6 is 0 Å². The molecule has 184 valence electrons. The lowest BCUT2D eigenvalue weighted by molar-refractivity contribution is 0.170. The van der Waals surface area contributed by atoms with E-state index >= 15 is 0 Å². The molecule has 36 heavy (non-hydrogen) atoms. The molecule has 5 heteroatoms. The van der Waals surface area contributed by atoms with Crippen LogP contribution in [-0.2, 0) is 26.1 Å². The van der Waals surface area contributed by atoms with Crippen LogP contribution in [0.1, 0.15) is 54.7 Å². The van der Waals surface area contributed by atoms with Crippen molar-refractivity contribution in [2.24, 2.45) is 0 Å². The van der Waals surface area contributed by atoms with Gasteiger partial charge in [0.1, 0.15) is 5.82 Å². The molecule has 0 saturated heterocycles. The average molecular weight is 480 g/mol. The standard InChI is InChI=1S/C31H33N3O2/c1-2-3-18-34-30-26(32-31(34)25-12-8-5-9-13-25)15-16-27(30)33(20-23-10-6-4-7-11-23)21-24-14-17-28-29(19-24)36-22-35-28/h4-14,17,19,27H,2-3,15-16,18,20-22H2,1H3. The molecular weight excluding hydrogens is 446 g/mol. The fraction of sp³-hybridized carbons (Fsp3) is 0.323. The lowest BCUT2D eigenvalue weighted by Gasteiger charge is -2.31. The molecule has 2 heterocycles. The van der Waals surface area contributed by atoms with Gasteiger partial charge in [0.15, 0.2) is 11.5 Å². The smallest absolute Gasteiger partial charge is 0.231 e. The number of aromatic nitrogens is 2. The summed E-state index contributed by atoms with van der Waals surface area (Å²) in [6.07, 6.45) is 4.43. The van der Waals surface area contributed by atoms with E-state index in [-0.39, 0.29) is 0 Å². The normalized spacial score (nSPS) is 16.0. The zero-order valence-corrected chi connectivity index (χ0v) is 20.9. The van der Waals surface area contributed by atoms with Crippen molar-refractivity contribution < 1.29 is 9.47 Å². The van der Waals surface area contributed by atoms with Crippen LogP contribution < -0.4 is 9.47 Å². The number of aryl methyl sites for hydroxylation is 1. The van der Waals surface area contributed by atoms with Gasteiger partial charge in [0, 0.05) is 25.2 Å². The minimum absolute atomic E-state index is 0.303. The number of imidazole rings is 1. The number of unbranched alkanes of at least 4 members (excludes halogenated alkanes) is 1. The summed E-state index contributed by atoms with van der Waals surface area (Å²) < 4.78 is 13.7. The van der Waals surface area contributed by atoms with Crippen molar-refractivity contribution >= 4 is 0 Å². The molecule has 3 aromatic carbocycles. The van der Waals surface area contributed by atoms with E-state index in [0.717, 1.165) is 62.6 Å². The van der Waals surface area contributed by atoms with Crippen molar-refractivity contribution in [1.82, 2.24) is 14.5 Å². The largest absolute Gasteiger partial charge is 0.454 e. The van der Waals surface area contributed by atoms with E-state index in [4.69, 9.17) is 14.5 Å².